The minimum absolute atomic E-state index is 0.357. The molecule has 1 aliphatic rings. The van der Waals surface area contributed by atoms with Crippen LogP contribution in [-0.4, -0.2) is 42.0 Å². The molecule has 1 rings (SSSR count). The third-order valence-electron chi connectivity index (χ3n) is 2.54. The van der Waals surface area contributed by atoms with E-state index in [4.69, 9.17) is 4.74 Å². The number of carbonyl (C=O) groups excluding carboxylic acids is 1. The van der Waals surface area contributed by atoms with E-state index in [9.17, 15) is 13.6 Å². The van der Waals surface area contributed by atoms with Crippen molar-refractivity contribution in [3.8, 4) is 0 Å². The second kappa shape index (κ2) is 4.43. The molecule has 0 amide bonds. The molecular formula is C10H17F2NO2. The first-order valence-corrected chi connectivity index (χ1v) is 5.13. The summed E-state index contributed by atoms with van der Waals surface area (Å²) in [6.45, 7) is 5.96. The molecule has 0 aliphatic carbocycles. The Morgan fingerprint density at radius 1 is 1.53 bits per heavy atom. The molecule has 5 heteroatoms. The lowest BCUT2D eigenvalue weighted by molar-refractivity contribution is -0.174. The topological polar surface area (TPSA) is 29.5 Å². The fraction of sp³-hybridized carbons (Fsp3) is 0.900. The molecule has 3 nitrogen and oxygen atoms in total. The molecule has 1 saturated heterocycles. The highest BCUT2D eigenvalue weighted by Gasteiger charge is 2.37. The average Bonchev–Trinajstić information content (AvgIpc) is 2.50. The average molecular weight is 221 g/mol. The quantitative estimate of drug-likeness (QED) is 0.679. The van der Waals surface area contributed by atoms with Crippen LogP contribution in [0.1, 0.15) is 27.2 Å². The molecule has 1 fully saturated rings. The zero-order valence-corrected chi connectivity index (χ0v) is 9.30. The molecular weight excluding hydrogens is 204 g/mol. The van der Waals surface area contributed by atoms with Crippen molar-refractivity contribution in [2.75, 3.05) is 13.1 Å². The maximum atomic E-state index is 12.5. The summed E-state index contributed by atoms with van der Waals surface area (Å²) in [5.41, 5.74) is 0. The van der Waals surface area contributed by atoms with E-state index in [0.29, 0.717) is 25.9 Å². The van der Waals surface area contributed by atoms with Gasteiger partial charge in [0, 0.05) is 26.1 Å². The number of nitrogens with zero attached hydrogens (tertiary/aromatic N) is 1. The van der Waals surface area contributed by atoms with E-state index in [2.05, 4.69) is 4.90 Å². The summed E-state index contributed by atoms with van der Waals surface area (Å²) in [4.78, 5) is 13.0. The Bertz CT molecular complexity index is 238. The van der Waals surface area contributed by atoms with Gasteiger partial charge >= 0.3 is 11.9 Å². The molecule has 1 heterocycles. The number of rotatable bonds is 3. The van der Waals surface area contributed by atoms with Crippen LogP contribution in [0.5, 0.6) is 0 Å². The van der Waals surface area contributed by atoms with Crippen molar-refractivity contribution in [1.29, 1.82) is 0 Å². The molecule has 0 aromatic rings. The van der Waals surface area contributed by atoms with Crippen molar-refractivity contribution >= 4 is 5.97 Å². The third kappa shape index (κ3) is 3.41. The van der Waals surface area contributed by atoms with Gasteiger partial charge in [0.05, 0.1) is 0 Å². The van der Waals surface area contributed by atoms with Gasteiger partial charge in [-0.3, -0.25) is 4.90 Å². The molecule has 0 aromatic heterocycles. The zero-order chi connectivity index (χ0) is 11.6. The number of carbonyl (C=O) groups is 1. The molecule has 0 bridgehead atoms. The number of hydrogen-bond donors (Lipinski definition) is 0. The smallest absolute Gasteiger partial charge is 0.376 e. The van der Waals surface area contributed by atoms with Crippen molar-refractivity contribution in [3.63, 3.8) is 0 Å². The summed E-state index contributed by atoms with van der Waals surface area (Å²) >= 11 is 0. The van der Waals surface area contributed by atoms with Gasteiger partial charge in [-0.05, 0) is 20.3 Å². The van der Waals surface area contributed by atoms with Crippen molar-refractivity contribution in [2.24, 2.45) is 0 Å². The summed E-state index contributed by atoms with van der Waals surface area (Å²) in [5, 5.41) is 0. The summed E-state index contributed by atoms with van der Waals surface area (Å²) in [6, 6.07) is 0.357. The standard InChI is InChI=1S/C10H17F2NO2/c1-7(2)13-5-4-8(6-13)15-9(14)10(3,11)12/h7-8H,4-6H2,1-3H3. The van der Waals surface area contributed by atoms with Crippen molar-refractivity contribution in [2.45, 2.75) is 45.3 Å². The first kappa shape index (κ1) is 12.4. The van der Waals surface area contributed by atoms with Gasteiger partial charge in [0.25, 0.3) is 0 Å². The highest BCUT2D eigenvalue weighted by Crippen LogP contribution is 2.20. The van der Waals surface area contributed by atoms with Gasteiger partial charge in [0.15, 0.2) is 0 Å². The molecule has 0 aromatic carbocycles. The Kier molecular flexibility index (Phi) is 3.65. The summed E-state index contributed by atoms with van der Waals surface area (Å²) < 4.78 is 29.8. The van der Waals surface area contributed by atoms with Crippen LogP contribution in [0.4, 0.5) is 8.78 Å². The molecule has 15 heavy (non-hydrogen) atoms. The Morgan fingerprint density at radius 3 is 2.53 bits per heavy atom. The van der Waals surface area contributed by atoms with Gasteiger partial charge in [-0.25, -0.2) is 4.79 Å². The van der Waals surface area contributed by atoms with E-state index >= 15 is 0 Å². The molecule has 0 radical (unpaired) electrons. The SMILES string of the molecule is CC(C)N1CCC(OC(=O)C(C)(F)F)C1. The van der Waals surface area contributed by atoms with Gasteiger partial charge in [0.2, 0.25) is 0 Å². The Morgan fingerprint density at radius 2 is 2.13 bits per heavy atom. The van der Waals surface area contributed by atoms with E-state index in [0.717, 1.165) is 6.54 Å². The van der Waals surface area contributed by atoms with Gasteiger partial charge in [-0.2, -0.15) is 8.78 Å². The molecule has 0 spiro atoms. The van der Waals surface area contributed by atoms with Gasteiger partial charge in [-0.1, -0.05) is 0 Å². The summed E-state index contributed by atoms with van der Waals surface area (Å²) in [6.07, 6.45) is 0.255. The largest absolute Gasteiger partial charge is 0.457 e. The molecule has 88 valence electrons. The number of likely N-dealkylation sites (tertiary alicyclic amines) is 1. The highest BCUT2D eigenvalue weighted by molar-refractivity contribution is 5.77. The van der Waals surface area contributed by atoms with E-state index in [1.54, 1.807) is 0 Å². The predicted molar refractivity (Wildman–Crippen MR) is 51.8 cm³/mol. The van der Waals surface area contributed by atoms with Crippen molar-refractivity contribution < 1.29 is 18.3 Å². The molecule has 1 atom stereocenters. The summed E-state index contributed by atoms with van der Waals surface area (Å²) in [5.74, 6) is -4.80. The monoisotopic (exact) mass is 221 g/mol. The van der Waals surface area contributed by atoms with Crippen molar-refractivity contribution in [3.05, 3.63) is 0 Å². The fourth-order valence-corrected chi connectivity index (χ4v) is 1.57. The second-order valence-electron chi connectivity index (χ2n) is 4.29. The van der Waals surface area contributed by atoms with Gasteiger partial charge in [-0.15, -0.1) is 0 Å². The lowest BCUT2D eigenvalue weighted by atomic mass is 10.3. The van der Waals surface area contributed by atoms with E-state index in [-0.39, 0.29) is 6.10 Å². The summed E-state index contributed by atoms with van der Waals surface area (Å²) in [7, 11) is 0. The predicted octanol–water partition coefficient (Wildman–Crippen LogP) is 1.67. The van der Waals surface area contributed by atoms with E-state index < -0.39 is 11.9 Å². The second-order valence-corrected chi connectivity index (χ2v) is 4.29. The van der Waals surface area contributed by atoms with Crippen LogP contribution in [0, 0.1) is 0 Å². The lowest BCUT2D eigenvalue weighted by Gasteiger charge is -2.20. The molecule has 0 N–H and O–H groups in total. The number of hydrogen-bond acceptors (Lipinski definition) is 3. The highest BCUT2D eigenvalue weighted by atomic mass is 19.3. The zero-order valence-electron chi connectivity index (χ0n) is 9.30. The van der Waals surface area contributed by atoms with Crippen molar-refractivity contribution in [1.82, 2.24) is 4.90 Å². The maximum Gasteiger partial charge on any atom is 0.376 e. The molecule has 1 unspecified atom stereocenters. The van der Waals surface area contributed by atoms with Crippen LogP contribution in [0.25, 0.3) is 0 Å². The van der Waals surface area contributed by atoms with Crippen LogP contribution in [0.3, 0.4) is 0 Å². The molecule has 0 saturated carbocycles. The van der Waals surface area contributed by atoms with Crippen LogP contribution < -0.4 is 0 Å². The first-order valence-electron chi connectivity index (χ1n) is 5.13. The Labute approximate surface area is 88.4 Å². The minimum Gasteiger partial charge on any atom is -0.457 e. The van der Waals surface area contributed by atoms with Crippen LogP contribution >= 0.6 is 0 Å². The number of ether oxygens (including phenoxy) is 1. The van der Waals surface area contributed by atoms with E-state index in [1.807, 2.05) is 13.8 Å². The fourth-order valence-electron chi connectivity index (χ4n) is 1.57. The normalized spacial score (nSPS) is 23.5. The van der Waals surface area contributed by atoms with Crippen LogP contribution in [-0.2, 0) is 9.53 Å². The first-order chi connectivity index (χ1) is 6.80. The van der Waals surface area contributed by atoms with Gasteiger partial charge in [0.1, 0.15) is 6.10 Å². The van der Waals surface area contributed by atoms with Crippen LogP contribution in [0.2, 0.25) is 0 Å². The molecule has 1 aliphatic heterocycles. The van der Waals surface area contributed by atoms with E-state index in [1.165, 1.54) is 0 Å². The van der Waals surface area contributed by atoms with Gasteiger partial charge < -0.3 is 4.74 Å². The minimum atomic E-state index is -3.38. The lowest BCUT2D eigenvalue weighted by Crippen LogP contribution is -2.34. The third-order valence-corrected chi connectivity index (χ3v) is 2.54. The van der Waals surface area contributed by atoms with Crippen LogP contribution in [0.15, 0.2) is 0 Å². The number of halogens is 2. The number of esters is 1. The Hall–Kier alpha value is -0.710. The maximum absolute atomic E-state index is 12.5. The Balaban J connectivity index is 2.40. The number of alkyl halides is 2.